The van der Waals surface area contributed by atoms with Gasteiger partial charge in [0.1, 0.15) is 15.9 Å². The van der Waals surface area contributed by atoms with Crippen LogP contribution in [-0.2, 0) is 14.9 Å². The SMILES string of the molecule is CCCCCCCCOc1ccc(C(=O)CC(=O)Nc2ccc(S(=O)(=O)[O-])cc2)cc1. The van der Waals surface area contributed by atoms with Gasteiger partial charge < -0.3 is 14.6 Å². The number of rotatable bonds is 13. The monoisotopic (exact) mass is 446 g/mol. The molecule has 0 aliphatic carbocycles. The molecular formula is C23H28NO6S-. The molecule has 0 aromatic heterocycles. The molecule has 0 atom stereocenters. The summed E-state index contributed by atoms with van der Waals surface area (Å²) in [6.07, 6.45) is 6.74. The molecule has 2 rings (SSSR count). The van der Waals surface area contributed by atoms with E-state index < -0.39 is 16.0 Å². The third-order valence-electron chi connectivity index (χ3n) is 4.69. The quantitative estimate of drug-likeness (QED) is 0.209. The maximum atomic E-state index is 12.3. The molecule has 0 fully saturated rings. The number of carbonyl (C=O) groups is 2. The third-order valence-corrected chi connectivity index (χ3v) is 5.54. The summed E-state index contributed by atoms with van der Waals surface area (Å²) in [6, 6.07) is 11.5. The van der Waals surface area contributed by atoms with Gasteiger partial charge in [0.15, 0.2) is 5.78 Å². The molecule has 2 aromatic carbocycles. The van der Waals surface area contributed by atoms with Crippen molar-refractivity contribution >= 4 is 27.5 Å². The highest BCUT2D eigenvalue weighted by atomic mass is 32.2. The number of hydrogen-bond acceptors (Lipinski definition) is 6. The van der Waals surface area contributed by atoms with Crippen LogP contribution in [-0.4, -0.2) is 31.3 Å². The summed E-state index contributed by atoms with van der Waals surface area (Å²) in [7, 11) is -4.55. The zero-order valence-electron chi connectivity index (χ0n) is 17.6. The molecule has 0 bridgehead atoms. The normalized spacial score (nSPS) is 11.2. The van der Waals surface area contributed by atoms with Crippen LogP contribution in [0.15, 0.2) is 53.4 Å². The lowest BCUT2D eigenvalue weighted by Gasteiger charge is -2.09. The van der Waals surface area contributed by atoms with Crippen LogP contribution >= 0.6 is 0 Å². The van der Waals surface area contributed by atoms with Gasteiger partial charge >= 0.3 is 0 Å². The molecule has 0 spiro atoms. The van der Waals surface area contributed by atoms with Gasteiger partial charge in [-0.05, 0) is 55.0 Å². The maximum absolute atomic E-state index is 12.3. The van der Waals surface area contributed by atoms with Crippen molar-refractivity contribution in [3.05, 3.63) is 54.1 Å². The van der Waals surface area contributed by atoms with Crippen LogP contribution in [0.4, 0.5) is 5.69 Å². The van der Waals surface area contributed by atoms with Gasteiger partial charge in [0.05, 0.1) is 17.9 Å². The van der Waals surface area contributed by atoms with E-state index in [2.05, 4.69) is 12.2 Å². The summed E-state index contributed by atoms with van der Waals surface area (Å²) in [4.78, 5) is 24.0. The van der Waals surface area contributed by atoms with Crippen LogP contribution in [0.5, 0.6) is 5.75 Å². The lowest BCUT2D eigenvalue weighted by Crippen LogP contribution is -2.16. The number of anilines is 1. The first-order valence-corrected chi connectivity index (χ1v) is 11.8. The predicted octanol–water partition coefficient (Wildman–Crippen LogP) is 4.54. The molecule has 1 amide bonds. The van der Waals surface area contributed by atoms with Crippen LogP contribution in [0.25, 0.3) is 0 Å². The van der Waals surface area contributed by atoms with Crippen molar-refractivity contribution in [1.29, 1.82) is 0 Å². The van der Waals surface area contributed by atoms with Gasteiger partial charge in [-0.2, -0.15) is 0 Å². The number of ether oxygens (including phenoxy) is 1. The van der Waals surface area contributed by atoms with E-state index in [4.69, 9.17) is 4.74 Å². The number of carbonyl (C=O) groups excluding carboxylic acids is 2. The first-order chi connectivity index (χ1) is 14.8. The van der Waals surface area contributed by atoms with Crippen molar-refractivity contribution in [2.24, 2.45) is 0 Å². The molecule has 0 unspecified atom stereocenters. The van der Waals surface area contributed by atoms with Crippen LogP contribution < -0.4 is 10.1 Å². The van der Waals surface area contributed by atoms with Gasteiger partial charge in [0.25, 0.3) is 0 Å². The van der Waals surface area contributed by atoms with Crippen molar-refractivity contribution in [3.63, 3.8) is 0 Å². The van der Waals surface area contributed by atoms with Crippen molar-refractivity contribution in [1.82, 2.24) is 0 Å². The van der Waals surface area contributed by atoms with E-state index in [-0.39, 0.29) is 17.1 Å². The standard InChI is InChI=1S/C23H29NO6S/c1-2-3-4-5-6-7-16-30-20-12-8-18(9-13-20)22(25)17-23(26)24-19-10-14-21(15-11-19)31(27,28)29/h8-15H,2-7,16-17H2,1H3,(H,24,26)(H,27,28,29)/p-1. The minimum absolute atomic E-state index is 0.295. The highest BCUT2D eigenvalue weighted by molar-refractivity contribution is 7.85. The van der Waals surface area contributed by atoms with E-state index in [1.807, 2.05) is 0 Å². The molecule has 0 saturated heterocycles. The van der Waals surface area contributed by atoms with Crippen molar-refractivity contribution in [2.75, 3.05) is 11.9 Å². The average Bonchev–Trinajstić information content (AvgIpc) is 2.73. The second kappa shape index (κ2) is 12.2. The molecule has 0 aliphatic heterocycles. The highest BCUT2D eigenvalue weighted by Gasteiger charge is 2.12. The third kappa shape index (κ3) is 8.90. The molecule has 2 aromatic rings. The Labute approximate surface area is 183 Å². The molecule has 0 heterocycles. The second-order valence-corrected chi connectivity index (χ2v) is 8.65. The Kier molecular flexibility index (Phi) is 9.68. The minimum Gasteiger partial charge on any atom is -0.744 e. The van der Waals surface area contributed by atoms with Crippen LogP contribution in [0.1, 0.15) is 62.2 Å². The topological polar surface area (TPSA) is 113 Å². The second-order valence-electron chi connectivity index (χ2n) is 7.27. The predicted molar refractivity (Wildman–Crippen MR) is 117 cm³/mol. The molecular weight excluding hydrogens is 418 g/mol. The van der Waals surface area contributed by atoms with Gasteiger partial charge in [-0.25, -0.2) is 8.42 Å². The van der Waals surface area contributed by atoms with Crippen LogP contribution in [0.2, 0.25) is 0 Å². The fraction of sp³-hybridized carbons (Fsp3) is 0.391. The summed E-state index contributed by atoms with van der Waals surface area (Å²) < 4.78 is 38.4. The minimum atomic E-state index is -4.55. The molecule has 0 aliphatic rings. The first kappa shape index (κ1) is 24.6. The van der Waals surface area contributed by atoms with Gasteiger partial charge in [0, 0.05) is 11.3 Å². The molecule has 31 heavy (non-hydrogen) atoms. The van der Waals surface area contributed by atoms with E-state index in [1.54, 1.807) is 24.3 Å². The number of unbranched alkanes of at least 4 members (excludes halogenated alkanes) is 5. The van der Waals surface area contributed by atoms with Crippen LogP contribution in [0.3, 0.4) is 0 Å². The number of Topliss-reactive ketones (excluding diaryl/α,β-unsaturated/α-hetero) is 1. The Balaban J connectivity index is 1.76. The summed E-state index contributed by atoms with van der Waals surface area (Å²) in [5, 5.41) is 2.50. The Hall–Kier alpha value is -2.71. The van der Waals surface area contributed by atoms with E-state index in [1.165, 1.54) is 37.8 Å². The molecule has 1 N–H and O–H groups in total. The maximum Gasteiger partial charge on any atom is 0.232 e. The number of nitrogens with one attached hydrogen (secondary N) is 1. The Morgan fingerprint density at radius 1 is 0.903 bits per heavy atom. The lowest BCUT2D eigenvalue weighted by atomic mass is 10.1. The largest absolute Gasteiger partial charge is 0.744 e. The molecule has 8 heteroatoms. The van der Waals surface area contributed by atoms with E-state index in [0.29, 0.717) is 23.6 Å². The zero-order chi connectivity index (χ0) is 22.7. The van der Waals surface area contributed by atoms with Crippen molar-refractivity contribution in [3.8, 4) is 5.75 Å². The van der Waals surface area contributed by atoms with Crippen molar-refractivity contribution < 1.29 is 27.3 Å². The molecule has 0 radical (unpaired) electrons. The summed E-state index contributed by atoms with van der Waals surface area (Å²) in [5.74, 6) is -0.201. The Bertz CT molecular complexity index is 953. The van der Waals surface area contributed by atoms with Gasteiger partial charge in [-0.1, -0.05) is 39.0 Å². The fourth-order valence-corrected chi connectivity index (χ4v) is 3.44. The van der Waals surface area contributed by atoms with Gasteiger partial charge in [0.2, 0.25) is 5.91 Å². The fourth-order valence-electron chi connectivity index (χ4n) is 2.97. The van der Waals surface area contributed by atoms with Gasteiger partial charge in [-0.15, -0.1) is 0 Å². The number of ketones is 1. The molecule has 7 nitrogen and oxygen atoms in total. The number of benzene rings is 2. The van der Waals surface area contributed by atoms with Gasteiger partial charge in [-0.3, -0.25) is 9.59 Å². The summed E-state index contributed by atoms with van der Waals surface area (Å²) >= 11 is 0. The smallest absolute Gasteiger partial charge is 0.232 e. The molecule has 0 saturated carbocycles. The van der Waals surface area contributed by atoms with E-state index in [0.717, 1.165) is 25.0 Å². The van der Waals surface area contributed by atoms with Crippen molar-refractivity contribution in [2.45, 2.75) is 56.8 Å². The zero-order valence-corrected chi connectivity index (χ0v) is 18.4. The lowest BCUT2D eigenvalue weighted by molar-refractivity contribution is -0.115. The summed E-state index contributed by atoms with van der Waals surface area (Å²) in [5.41, 5.74) is 0.693. The average molecular weight is 447 g/mol. The Morgan fingerprint density at radius 2 is 1.52 bits per heavy atom. The number of amides is 1. The van der Waals surface area contributed by atoms with E-state index >= 15 is 0 Å². The van der Waals surface area contributed by atoms with E-state index in [9.17, 15) is 22.6 Å². The Morgan fingerprint density at radius 3 is 2.13 bits per heavy atom. The number of hydrogen-bond donors (Lipinski definition) is 1. The molecule has 168 valence electrons. The summed E-state index contributed by atoms with van der Waals surface area (Å²) in [6.45, 7) is 2.82. The highest BCUT2D eigenvalue weighted by Crippen LogP contribution is 2.16. The first-order valence-electron chi connectivity index (χ1n) is 10.4. The van der Waals surface area contributed by atoms with Crippen LogP contribution in [0, 0.1) is 0 Å².